The average molecular weight is 359 g/mol. The van der Waals surface area contributed by atoms with Gasteiger partial charge in [0.15, 0.2) is 0 Å². The van der Waals surface area contributed by atoms with Gasteiger partial charge < -0.3 is 10.6 Å². The van der Waals surface area contributed by atoms with Crippen LogP contribution < -0.4 is 10.6 Å². The highest BCUT2D eigenvalue weighted by molar-refractivity contribution is 6.34. The third-order valence-corrected chi connectivity index (χ3v) is 4.14. The van der Waals surface area contributed by atoms with E-state index in [9.17, 15) is 9.59 Å². The van der Waals surface area contributed by atoms with Gasteiger partial charge in [0.1, 0.15) is 0 Å². The van der Waals surface area contributed by atoms with Crippen LogP contribution in [0.5, 0.6) is 0 Å². The van der Waals surface area contributed by atoms with E-state index in [1.54, 1.807) is 30.3 Å². The maximum absolute atomic E-state index is 12.4. The number of carbonyl (C=O) groups is 2. The van der Waals surface area contributed by atoms with Gasteiger partial charge in [0.25, 0.3) is 5.91 Å². The zero-order valence-electron chi connectivity index (χ0n) is 14.7. The van der Waals surface area contributed by atoms with Crippen molar-refractivity contribution in [3.05, 3.63) is 58.6 Å². The summed E-state index contributed by atoms with van der Waals surface area (Å²) in [5, 5.41) is 6.01. The second kappa shape index (κ2) is 8.67. The lowest BCUT2D eigenvalue weighted by Crippen LogP contribution is -2.14. The van der Waals surface area contributed by atoms with Crippen molar-refractivity contribution < 1.29 is 9.59 Å². The van der Waals surface area contributed by atoms with E-state index >= 15 is 0 Å². The standard InChI is InChI=1S/C20H23ClN2O2/c1-4-5-19(24)22-16-10-11-17(21)18(12-16)23-20(25)15-8-6-14(7-9-15)13(2)3/h6-13H,4-5H2,1-3H3,(H,22,24)(H,23,25). The number of amides is 2. The molecule has 0 radical (unpaired) electrons. The molecule has 4 nitrogen and oxygen atoms in total. The molecule has 0 saturated heterocycles. The Morgan fingerprint density at radius 2 is 1.72 bits per heavy atom. The molecule has 25 heavy (non-hydrogen) atoms. The quantitative estimate of drug-likeness (QED) is 0.720. The zero-order chi connectivity index (χ0) is 18.4. The molecule has 5 heteroatoms. The van der Waals surface area contributed by atoms with Gasteiger partial charge >= 0.3 is 0 Å². The molecular formula is C20H23ClN2O2. The van der Waals surface area contributed by atoms with Crippen LogP contribution in [0.25, 0.3) is 0 Å². The minimum absolute atomic E-state index is 0.0635. The van der Waals surface area contributed by atoms with Gasteiger partial charge in [-0.15, -0.1) is 0 Å². The second-order valence-corrected chi connectivity index (χ2v) is 6.63. The highest BCUT2D eigenvalue weighted by atomic mass is 35.5. The molecule has 0 fully saturated rings. The largest absolute Gasteiger partial charge is 0.326 e. The van der Waals surface area contributed by atoms with Crippen LogP contribution in [-0.4, -0.2) is 11.8 Å². The molecule has 0 saturated carbocycles. The first-order chi connectivity index (χ1) is 11.9. The van der Waals surface area contributed by atoms with E-state index in [0.29, 0.717) is 34.3 Å². The number of hydrogen-bond donors (Lipinski definition) is 2. The highest BCUT2D eigenvalue weighted by Crippen LogP contribution is 2.26. The Morgan fingerprint density at radius 1 is 1.04 bits per heavy atom. The van der Waals surface area contributed by atoms with Crippen LogP contribution in [0.3, 0.4) is 0 Å². The van der Waals surface area contributed by atoms with Crippen LogP contribution in [-0.2, 0) is 4.79 Å². The lowest BCUT2D eigenvalue weighted by Gasteiger charge is -2.11. The van der Waals surface area contributed by atoms with E-state index in [1.165, 1.54) is 5.56 Å². The van der Waals surface area contributed by atoms with E-state index in [1.807, 2.05) is 19.1 Å². The SMILES string of the molecule is CCCC(=O)Nc1ccc(Cl)c(NC(=O)c2ccc(C(C)C)cc2)c1. The van der Waals surface area contributed by atoms with Crippen molar-refractivity contribution in [3.8, 4) is 0 Å². The molecule has 132 valence electrons. The van der Waals surface area contributed by atoms with E-state index < -0.39 is 0 Å². The van der Waals surface area contributed by atoms with E-state index in [2.05, 4.69) is 24.5 Å². The molecule has 2 aromatic carbocycles. The Balaban J connectivity index is 2.12. The summed E-state index contributed by atoms with van der Waals surface area (Å²) in [6.07, 6.45) is 1.22. The van der Waals surface area contributed by atoms with Crippen LogP contribution in [0.1, 0.15) is 55.5 Å². The third kappa shape index (κ3) is 5.33. The summed E-state index contributed by atoms with van der Waals surface area (Å²) in [7, 11) is 0. The van der Waals surface area contributed by atoms with Crippen molar-refractivity contribution in [2.24, 2.45) is 0 Å². The Labute approximate surface area is 153 Å². The number of halogens is 1. The van der Waals surface area contributed by atoms with Crippen molar-refractivity contribution in [2.75, 3.05) is 10.6 Å². The van der Waals surface area contributed by atoms with Gasteiger partial charge in [-0.05, 0) is 48.2 Å². The van der Waals surface area contributed by atoms with Gasteiger partial charge in [0, 0.05) is 17.7 Å². The molecule has 0 aliphatic rings. The molecule has 0 atom stereocenters. The van der Waals surface area contributed by atoms with E-state index in [0.717, 1.165) is 6.42 Å². The molecule has 2 aromatic rings. The number of carbonyl (C=O) groups excluding carboxylic acids is 2. The molecule has 2 amide bonds. The summed E-state index contributed by atoms with van der Waals surface area (Å²) < 4.78 is 0. The van der Waals surface area contributed by atoms with Crippen molar-refractivity contribution in [2.45, 2.75) is 39.5 Å². The average Bonchev–Trinajstić information content (AvgIpc) is 2.58. The van der Waals surface area contributed by atoms with Crippen LogP contribution >= 0.6 is 11.6 Å². The number of benzene rings is 2. The summed E-state index contributed by atoms with van der Waals surface area (Å²) in [5.41, 5.74) is 2.80. The Hall–Kier alpha value is -2.33. The molecule has 0 heterocycles. The maximum Gasteiger partial charge on any atom is 0.255 e. The number of anilines is 2. The van der Waals surface area contributed by atoms with Gasteiger partial charge in [-0.2, -0.15) is 0 Å². The topological polar surface area (TPSA) is 58.2 Å². The van der Waals surface area contributed by atoms with Crippen LogP contribution in [0.4, 0.5) is 11.4 Å². The first kappa shape index (κ1) is 19.0. The second-order valence-electron chi connectivity index (χ2n) is 6.22. The van der Waals surface area contributed by atoms with E-state index in [4.69, 9.17) is 11.6 Å². The van der Waals surface area contributed by atoms with Gasteiger partial charge in [-0.3, -0.25) is 9.59 Å². The molecular weight excluding hydrogens is 336 g/mol. The van der Waals surface area contributed by atoms with Gasteiger partial charge in [0.2, 0.25) is 5.91 Å². The molecule has 0 aliphatic carbocycles. The van der Waals surface area contributed by atoms with Crippen LogP contribution in [0.2, 0.25) is 5.02 Å². The smallest absolute Gasteiger partial charge is 0.255 e. The molecule has 2 N–H and O–H groups in total. The number of hydrogen-bond acceptors (Lipinski definition) is 2. The third-order valence-electron chi connectivity index (χ3n) is 3.81. The van der Waals surface area contributed by atoms with Gasteiger partial charge in [-0.1, -0.05) is 44.5 Å². The minimum Gasteiger partial charge on any atom is -0.326 e. The fourth-order valence-electron chi connectivity index (χ4n) is 2.36. The van der Waals surface area contributed by atoms with Crippen LogP contribution in [0.15, 0.2) is 42.5 Å². The molecule has 0 unspecified atom stereocenters. The predicted molar refractivity (Wildman–Crippen MR) is 103 cm³/mol. The Bertz CT molecular complexity index is 755. The minimum atomic E-state index is -0.241. The van der Waals surface area contributed by atoms with Gasteiger partial charge in [0.05, 0.1) is 10.7 Å². The lowest BCUT2D eigenvalue weighted by molar-refractivity contribution is -0.116. The summed E-state index contributed by atoms with van der Waals surface area (Å²) in [6.45, 7) is 6.15. The fourth-order valence-corrected chi connectivity index (χ4v) is 2.53. The number of rotatable bonds is 6. The predicted octanol–water partition coefficient (Wildman–Crippen LogP) is 5.45. The molecule has 2 rings (SSSR count). The Morgan fingerprint density at radius 3 is 2.32 bits per heavy atom. The summed E-state index contributed by atoms with van der Waals surface area (Å²) in [4.78, 5) is 24.1. The first-order valence-corrected chi connectivity index (χ1v) is 8.79. The zero-order valence-corrected chi connectivity index (χ0v) is 15.5. The van der Waals surface area contributed by atoms with Crippen molar-refractivity contribution in [1.82, 2.24) is 0 Å². The first-order valence-electron chi connectivity index (χ1n) is 8.41. The highest BCUT2D eigenvalue weighted by Gasteiger charge is 2.11. The summed E-state index contributed by atoms with van der Waals surface area (Å²) in [6, 6.07) is 12.5. The normalized spacial score (nSPS) is 10.6. The summed E-state index contributed by atoms with van der Waals surface area (Å²) in [5.74, 6) is 0.107. The monoisotopic (exact) mass is 358 g/mol. The van der Waals surface area contributed by atoms with E-state index in [-0.39, 0.29) is 11.8 Å². The molecule has 0 spiro atoms. The number of nitrogens with one attached hydrogen (secondary N) is 2. The van der Waals surface area contributed by atoms with Crippen LogP contribution in [0, 0.1) is 0 Å². The lowest BCUT2D eigenvalue weighted by atomic mass is 10.0. The molecule has 0 bridgehead atoms. The maximum atomic E-state index is 12.4. The summed E-state index contributed by atoms with van der Waals surface area (Å²) >= 11 is 6.16. The Kier molecular flexibility index (Phi) is 6.59. The van der Waals surface area contributed by atoms with Gasteiger partial charge in [-0.25, -0.2) is 0 Å². The van der Waals surface area contributed by atoms with Crippen molar-refractivity contribution in [1.29, 1.82) is 0 Å². The molecule has 0 aromatic heterocycles. The molecule has 0 aliphatic heterocycles. The van der Waals surface area contributed by atoms with Crippen molar-refractivity contribution in [3.63, 3.8) is 0 Å². The fraction of sp³-hybridized carbons (Fsp3) is 0.300. The van der Waals surface area contributed by atoms with Crippen molar-refractivity contribution >= 4 is 34.8 Å².